The fraction of sp³-hybridized carbons (Fsp3) is 0.179. The van der Waals surface area contributed by atoms with Crippen molar-refractivity contribution in [3.8, 4) is 5.75 Å². The number of amides is 1. The summed E-state index contributed by atoms with van der Waals surface area (Å²) in [6.45, 7) is 1.76. The molecule has 5 aromatic rings. The maximum absolute atomic E-state index is 12.8. The summed E-state index contributed by atoms with van der Waals surface area (Å²) in [5.74, 6) is 1.68. The molecule has 0 spiro atoms. The van der Waals surface area contributed by atoms with E-state index in [2.05, 4.69) is 39.9 Å². The molecule has 0 unspecified atom stereocenters. The van der Waals surface area contributed by atoms with E-state index < -0.39 is 0 Å². The molecule has 0 fully saturated rings. The summed E-state index contributed by atoms with van der Waals surface area (Å²) in [7, 11) is 1.80. The van der Waals surface area contributed by atoms with Crippen molar-refractivity contribution in [1.29, 1.82) is 0 Å². The summed E-state index contributed by atoms with van der Waals surface area (Å²) >= 11 is 0. The van der Waals surface area contributed by atoms with Gasteiger partial charge in [0, 0.05) is 31.5 Å². The predicted octanol–water partition coefficient (Wildman–Crippen LogP) is 5.33. The molecular formula is C28H26N4O2. The smallest absolute Gasteiger partial charge is 0.254 e. The maximum Gasteiger partial charge on any atom is 0.254 e. The third kappa shape index (κ3) is 4.62. The molecule has 0 saturated heterocycles. The van der Waals surface area contributed by atoms with Gasteiger partial charge in [-0.15, -0.1) is 0 Å². The van der Waals surface area contributed by atoms with Gasteiger partial charge in [-0.3, -0.25) is 9.78 Å². The molecule has 0 N–H and O–H groups in total. The number of nitrogens with zero attached hydrogens (tertiary/aromatic N) is 4. The van der Waals surface area contributed by atoms with E-state index >= 15 is 0 Å². The van der Waals surface area contributed by atoms with Crippen molar-refractivity contribution in [3.63, 3.8) is 0 Å². The van der Waals surface area contributed by atoms with Crippen LogP contribution >= 0.6 is 0 Å². The van der Waals surface area contributed by atoms with E-state index in [1.54, 1.807) is 36.5 Å². The Balaban J connectivity index is 1.28. The highest BCUT2D eigenvalue weighted by atomic mass is 16.5. The van der Waals surface area contributed by atoms with Gasteiger partial charge in [-0.05, 0) is 53.6 Å². The largest absolute Gasteiger partial charge is 0.494 e. The minimum absolute atomic E-state index is 0.0550. The number of carbonyl (C=O) groups excluding carboxylic acids is 1. The van der Waals surface area contributed by atoms with Crippen LogP contribution < -0.4 is 4.74 Å². The molecule has 0 aliphatic rings. The van der Waals surface area contributed by atoms with Gasteiger partial charge in [0.15, 0.2) is 0 Å². The summed E-state index contributed by atoms with van der Waals surface area (Å²) in [4.78, 5) is 23.3. The molecule has 5 rings (SSSR count). The molecule has 0 aliphatic carbocycles. The van der Waals surface area contributed by atoms with Crippen LogP contribution in [-0.2, 0) is 13.1 Å². The number of fused-ring (bicyclic) bond motifs is 2. The zero-order valence-electron chi connectivity index (χ0n) is 19.1. The first-order valence-electron chi connectivity index (χ1n) is 11.4. The Hall–Kier alpha value is -4.19. The van der Waals surface area contributed by atoms with Crippen LogP contribution in [0.3, 0.4) is 0 Å². The van der Waals surface area contributed by atoms with Gasteiger partial charge in [-0.2, -0.15) is 0 Å². The molecule has 0 radical (unpaired) electrons. The molecule has 2 heterocycles. The van der Waals surface area contributed by atoms with Crippen LogP contribution in [0.4, 0.5) is 0 Å². The Kier molecular flexibility index (Phi) is 6.21. The Morgan fingerprint density at radius 2 is 1.71 bits per heavy atom. The molecular weight excluding hydrogens is 424 g/mol. The molecule has 6 heteroatoms. The summed E-state index contributed by atoms with van der Waals surface area (Å²) in [5.41, 5.74) is 2.61. The van der Waals surface area contributed by atoms with Crippen molar-refractivity contribution in [2.24, 2.45) is 0 Å². The summed E-state index contributed by atoms with van der Waals surface area (Å²) in [6.07, 6.45) is 4.08. The van der Waals surface area contributed by atoms with Crippen molar-refractivity contribution < 1.29 is 9.53 Å². The topological polar surface area (TPSA) is 60.2 Å². The number of hydrogen-bond acceptors (Lipinski definition) is 4. The lowest BCUT2D eigenvalue weighted by Gasteiger charge is -2.18. The standard InChI is InChI=1S/C28H26N4O2/c1-31(28(33)22-13-15-29-16-14-22)20-27-30-25-9-4-5-10-26(25)32(27)17-6-18-34-24-12-11-21-7-2-3-8-23(21)19-24/h2-5,7-16,19H,6,17-18,20H2,1H3. The fourth-order valence-electron chi connectivity index (χ4n) is 4.16. The first-order chi connectivity index (χ1) is 16.7. The number of aryl methyl sites for hydroxylation is 1. The summed E-state index contributed by atoms with van der Waals surface area (Å²) < 4.78 is 8.23. The quantitative estimate of drug-likeness (QED) is 0.300. The third-order valence-corrected chi connectivity index (χ3v) is 5.90. The molecule has 0 bridgehead atoms. The number of pyridine rings is 1. The number of rotatable bonds is 8. The van der Waals surface area contributed by atoms with Gasteiger partial charge in [0.25, 0.3) is 5.91 Å². The van der Waals surface area contributed by atoms with Crippen LogP contribution in [0.1, 0.15) is 22.6 Å². The highest BCUT2D eigenvalue weighted by Gasteiger charge is 2.17. The Morgan fingerprint density at radius 1 is 0.941 bits per heavy atom. The molecule has 0 atom stereocenters. The van der Waals surface area contributed by atoms with E-state index in [1.165, 1.54) is 10.8 Å². The van der Waals surface area contributed by atoms with Gasteiger partial charge in [0.05, 0.1) is 24.2 Å². The Morgan fingerprint density at radius 3 is 2.56 bits per heavy atom. The Bertz CT molecular complexity index is 1430. The number of imidazole rings is 1. The zero-order chi connectivity index (χ0) is 23.3. The van der Waals surface area contributed by atoms with Crippen LogP contribution in [0.2, 0.25) is 0 Å². The highest BCUT2D eigenvalue weighted by Crippen LogP contribution is 2.22. The average molecular weight is 451 g/mol. The number of benzene rings is 3. The van der Waals surface area contributed by atoms with Gasteiger partial charge in [-0.25, -0.2) is 4.98 Å². The van der Waals surface area contributed by atoms with Crippen LogP contribution in [-0.4, -0.2) is 39.0 Å². The molecule has 170 valence electrons. The summed E-state index contributed by atoms with van der Waals surface area (Å²) in [5, 5.41) is 2.37. The maximum atomic E-state index is 12.8. The third-order valence-electron chi connectivity index (χ3n) is 5.90. The number of para-hydroxylation sites is 2. The number of carbonyl (C=O) groups is 1. The van der Waals surface area contributed by atoms with E-state index in [4.69, 9.17) is 9.72 Å². The predicted molar refractivity (Wildman–Crippen MR) is 134 cm³/mol. The first kappa shape index (κ1) is 21.6. The normalized spacial score (nSPS) is 11.1. The van der Waals surface area contributed by atoms with E-state index in [-0.39, 0.29) is 5.91 Å². The molecule has 3 aromatic carbocycles. The first-order valence-corrected chi connectivity index (χ1v) is 11.4. The minimum Gasteiger partial charge on any atom is -0.494 e. The van der Waals surface area contributed by atoms with Gasteiger partial charge >= 0.3 is 0 Å². The van der Waals surface area contributed by atoms with Crippen molar-refractivity contribution in [1.82, 2.24) is 19.4 Å². The molecule has 0 aliphatic heterocycles. The number of ether oxygens (including phenoxy) is 1. The van der Waals surface area contributed by atoms with Gasteiger partial charge in [-0.1, -0.05) is 42.5 Å². The van der Waals surface area contributed by atoms with E-state index in [0.29, 0.717) is 18.7 Å². The van der Waals surface area contributed by atoms with Gasteiger partial charge in [0.1, 0.15) is 11.6 Å². The van der Waals surface area contributed by atoms with Crippen molar-refractivity contribution >= 4 is 27.7 Å². The minimum atomic E-state index is -0.0550. The van der Waals surface area contributed by atoms with Gasteiger partial charge < -0.3 is 14.2 Å². The second-order valence-electron chi connectivity index (χ2n) is 8.28. The summed E-state index contributed by atoms with van der Waals surface area (Å²) in [6, 6.07) is 26.0. The molecule has 34 heavy (non-hydrogen) atoms. The zero-order valence-corrected chi connectivity index (χ0v) is 19.1. The lowest BCUT2D eigenvalue weighted by molar-refractivity contribution is 0.0780. The molecule has 0 saturated carbocycles. The van der Waals surface area contributed by atoms with E-state index in [1.807, 2.05) is 36.4 Å². The van der Waals surface area contributed by atoms with Crippen LogP contribution in [0.5, 0.6) is 5.75 Å². The number of aromatic nitrogens is 3. The monoisotopic (exact) mass is 450 g/mol. The molecule has 6 nitrogen and oxygen atoms in total. The van der Waals surface area contributed by atoms with Crippen molar-refractivity contribution in [2.75, 3.05) is 13.7 Å². The van der Waals surface area contributed by atoms with E-state index in [9.17, 15) is 4.79 Å². The Labute approximate surface area is 198 Å². The van der Waals surface area contributed by atoms with Crippen LogP contribution in [0.15, 0.2) is 91.3 Å². The van der Waals surface area contributed by atoms with Crippen LogP contribution in [0, 0.1) is 0 Å². The lowest BCUT2D eigenvalue weighted by Crippen LogP contribution is -2.28. The SMILES string of the molecule is CN(Cc1nc2ccccc2n1CCCOc1ccc2ccccc2c1)C(=O)c1ccncc1. The fourth-order valence-corrected chi connectivity index (χ4v) is 4.16. The molecule has 1 amide bonds. The van der Waals surface area contributed by atoms with Crippen LogP contribution in [0.25, 0.3) is 21.8 Å². The highest BCUT2D eigenvalue weighted by molar-refractivity contribution is 5.93. The second-order valence-corrected chi connectivity index (χ2v) is 8.28. The lowest BCUT2D eigenvalue weighted by atomic mass is 10.1. The molecule has 2 aromatic heterocycles. The van der Waals surface area contributed by atoms with E-state index in [0.717, 1.165) is 35.6 Å². The second kappa shape index (κ2) is 9.75. The van der Waals surface area contributed by atoms with Crippen molar-refractivity contribution in [2.45, 2.75) is 19.5 Å². The van der Waals surface area contributed by atoms with Gasteiger partial charge in [0.2, 0.25) is 0 Å². The average Bonchev–Trinajstić information content (AvgIpc) is 3.23. The number of hydrogen-bond donors (Lipinski definition) is 0. The van der Waals surface area contributed by atoms with Crippen molar-refractivity contribution in [3.05, 3.63) is 103 Å².